The van der Waals surface area contributed by atoms with Gasteiger partial charge in [0.05, 0.1) is 12.8 Å². The SMILES string of the molecule is COc1cccc2ccc(C=C(C#N)C(=O)Nc3ncc(Cc4ccccc4)s3)nc12. The second kappa shape index (κ2) is 9.20. The van der Waals surface area contributed by atoms with Crippen molar-refractivity contribution in [1.29, 1.82) is 5.26 Å². The van der Waals surface area contributed by atoms with Gasteiger partial charge in [0.2, 0.25) is 0 Å². The second-order valence-electron chi connectivity index (χ2n) is 6.69. The summed E-state index contributed by atoms with van der Waals surface area (Å²) in [5.74, 6) is 0.106. The predicted molar refractivity (Wildman–Crippen MR) is 122 cm³/mol. The first-order chi connectivity index (χ1) is 15.2. The summed E-state index contributed by atoms with van der Waals surface area (Å²) < 4.78 is 5.35. The van der Waals surface area contributed by atoms with Crippen LogP contribution in [-0.2, 0) is 11.2 Å². The van der Waals surface area contributed by atoms with E-state index in [1.54, 1.807) is 19.4 Å². The summed E-state index contributed by atoms with van der Waals surface area (Å²) in [5, 5.41) is 13.6. The van der Waals surface area contributed by atoms with Crippen molar-refractivity contribution in [1.82, 2.24) is 9.97 Å². The van der Waals surface area contributed by atoms with Crippen LogP contribution >= 0.6 is 11.3 Å². The highest BCUT2D eigenvalue weighted by atomic mass is 32.1. The van der Waals surface area contributed by atoms with Crippen molar-refractivity contribution in [3.8, 4) is 11.8 Å². The van der Waals surface area contributed by atoms with E-state index in [2.05, 4.69) is 15.3 Å². The molecule has 2 aromatic carbocycles. The summed E-state index contributed by atoms with van der Waals surface area (Å²) in [7, 11) is 1.58. The normalized spacial score (nSPS) is 11.2. The molecule has 0 aliphatic carbocycles. The lowest BCUT2D eigenvalue weighted by atomic mass is 10.1. The van der Waals surface area contributed by atoms with E-state index < -0.39 is 5.91 Å². The number of carbonyl (C=O) groups is 1. The number of rotatable bonds is 6. The Morgan fingerprint density at radius 1 is 1.16 bits per heavy atom. The molecular weight excluding hydrogens is 408 g/mol. The summed E-state index contributed by atoms with van der Waals surface area (Å²) >= 11 is 1.39. The van der Waals surface area contributed by atoms with Crippen molar-refractivity contribution >= 4 is 39.4 Å². The lowest BCUT2D eigenvalue weighted by Gasteiger charge is -2.05. The number of ether oxygens (including phenoxy) is 1. The number of nitrogens with one attached hydrogen (secondary N) is 1. The van der Waals surface area contributed by atoms with Gasteiger partial charge in [0, 0.05) is 22.9 Å². The van der Waals surface area contributed by atoms with Gasteiger partial charge in [-0.1, -0.05) is 48.5 Å². The fourth-order valence-corrected chi connectivity index (χ4v) is 3.93. The van der Waals surface area contributed by atoms with Crippen LogP contribution in [0.25, 0.3) is 17.0 Å². The fourth-order valence-electron chi connectivity index (χ4n) is 3.09. The number of benzene rings is 2. The first kappa shape index (κ1) is 20.3. The van der Waals surface area contributed by atoms with E-state index in [0.717, 1.165) is 16.7 Å². The van der Waals surface area contributed by atoms with Crippen LogP contribution in [0.2, 0.25) is 0 Å². The van der Waals surface area contributed by atoms with Gasteiger partial charge in [-0.25, -0.2) is 9.97 Å². The Bertz CT molecular complexity index is 1310. The molecule has 0 aliphatic rings. The molecule has 7 heteroatoms. The Morgan fingerprint density at radius 2 is 2.00 bits per heavy atom. The van der Waals surface area contributed by atoms with Gasteiger partial charge >= 0.3 is 0 Å². The van der Waals surface area contributed by atoms with Crippen LogP contribution in [0.5, 0.6) is 5.75 Å². The van der Waals surface area contributed by atoms with Crippen LogP contribution in [0, 0.1) is 11.3 Å². The Kier molecular flexibility index (Phi) is 6.01. The number of para-hydroxylation sites is 1. The molecule has 31 heavy (non-hydrogen) atoms. The predicted octanol–water partition coefficient (Wildman–Crippen LogP) is 4.84. The number of thiazole rings is 1. The van der Waals surface area contributed by atoms with E-state index >= 15 is 0 Å². The standard InChI is InChI=1S/C24H18N4O2S/c1-30-21-9-5-8-17-10-11-19(27-22(17)21)13-18(14-25)23(29)28-24-26-15-20(31-24)12-16-6-3-2-4-7-16/h2-11,13,15H,12H2,1H3,(H,26,28,29). The van der Waals surface area contributed by atoms with Crippen molar-refractivity contribution in [2.24, 2.45) is 0 Å². The van der Waals surface area contributed by atoms with Crippen molar-refractivity contribution in [3.63, 3.8) is 0 Å². The zero-order chi connectivity index (χ0) is 21.6. The zero-order valence-electron chi connectivity index (χ0n) is 16.7. The molecule has 4 aromatic rings. The van der Waals surface area contributed by atoms with Crippen molar-refractivity contribution in [2.75, 3.05) is 12.4 Å². The number of pyridine rings is 1. The molecule has 0 bridgehead atoms. The molecule has 0 saturated heterocycles. The molecule has 0 saturated carbocycles. The van der Waals surface area contributed by atoms with Gasteiger partial charge in [-0.2, -0.15) is 5.26 Å². The van der Waals surface area contributed by atoms with E-state index in [1.807, 2.05) is 60.7 Å². The maximum Gasteiger partial charge on any atom is 0.268 e. The third kappa shape index (κ3) is 4.77. The number of amides is 1. The van der Waals surface area contributed by atoms with Crippen LogP contribution in [0.15, 0.2) is 72.4 Å². The van der Waals surface area contributed by atoms with Gasteiger partial charge in [0.1, 0.15) is 22.9 Å². The smallest absolute Gasteiger partial charge is 0.268 e. The Hall–Kier alpha value is -4.02. The summed E-state index contributed by atoms with van der Waals surface area (Å²) in [6, 6.07) is 21.2. The van der Waals surface area contributed by atoms with Crippen LogP contribution in [0.4, 0.5) is 5.13 Å². The average Bonchev–Trinajstić information content (AvgIpc) is 3.24. The minimum atomic E-state index is -0.523. The monoisotopic (exact) mass is 426 g/mol. The molecule has 6 nitrogen and oxygen atoms in total. The van der Waals surface area contributed by atoms with E-state index in [4.69, 9.17) is 4.74 Å². The van der Waals surface area contributed by atoms with Crippen molar-refractivity contribution in [3.05, 3.63) is 88.6 Å². The number of hydrogen-bond acceptors (Lipinski definition) is 6. The maximum absolute atomic E-state index is 12.6. The van der Waals surface area contributed by atoms with Gasteiger partial charge < -0.3 is 4.74 Å². The van der Waals surface area contributed by atoms with Gasteiger partial charge in [0.25, 0.3) is 5.91 Å². The minimum Gasteiger partial charge on any atom is -0.494 e. The van der Waals surface area contributed by atoms with Gasteiger partial charge in [-0.15, -0.1) is 11.3 Å². The molecule has 0 fully saturated rings. The topological polar surface area (TPSA) is 87.9 Å². The molecular formula is C24H18N4O2S. The molecule has 0 aliphatic heterocycles. The van der Waals surface area contributed by atoms with E-state index in [9.17, 15) is 10.1 Å². The van der Waals surface area contributed by atoms with Gasteiger partial charge in [0.15, 0.2) is 5.13 Å². The van der Waals surface area contributed by atoms with Crippen LogP contribution in [0.1, 0.15) is 16.1 Å². The van der Waals surface area contributed by atoms with Crippen molar-refractivity contribution in [2.45, 2.75) is 6.42 Å². The Morgan fingerprint density at radius 3 is 2.77 bits per heavy atom. The zero-order valence-corrected chi connectivity index (χ0v) is 17.5. The molecule has 2 aromatic heterocycles. The Balaban J connectivity index is 1.52. The molecule has 1 amide bonds. The summed E-state index contributed by atoms with van der Waals surface area (Å²) in [6.07, 6.45) is 3.93. The number of nitrogens with zero attached hydrogens (tertiary/aromatic N) is 3. The molecule has 152 valence electrons. The lowest BCUT2D eigenvalue weighted by Crippen LogP contribution is -2.13. The molecule has 0 atom stereocenters. The molecule has 0 unspecified atom stereocenters. The van der Waals surface area contributed by atoms with Crippen LogP contribution < -0.4 is 10.1 Å². The van der Waals surface area contributed by atoms with E-state index in [0.29, 0.717) is 22.1 Å². The third-order valence-electron chi connectivity index (χ3n) is 4.58. The average molecular weight is 427 g/mol. The van der Waals surface area contributed by atoms with Crippen LogP contribution in [-0.4, -0.2) is 23.0 Å². The molecule has 2 heterocycles. The largest absolute Gasteiger partial charge is 0.494 e. The number of nitriles is 1. The van der Waals surface area contributed by atoms with Crippen molar-refractivity contribution < 1.29 is 9.53 Å². The first-order valence-electron chi connectivity index (χ1n) is 9.52. The minimum absolute atomic E-state index is 0.0541. The highest BCUT2D eigenvalue weighted by molar-refractivity contribution is 7.15. The Labute approximate surface area is 183 Å². The van der Waals surface area contributed by atoms with E-state index in [-0.39, 0.29) is 5.57 Å². The molecule has 4 rings (SSSR count). The third-order valence-corrected chi connectivity index (χ3v) is 5.49. The van der Waals surface area contributed by atoms with E-state index in [1.165, 1.54) is 23.0 Å². The lowest BCUT2D eigenvalue weighted by molar-refractivity contribution is -0.112. The number of methoxy groups -OCH3 is 1. The first-order valence-corrected chi connectivity index (χ1v) is 10.3. The molecule has 0 radical (unpaired) electrons. The summed E-state index contributed by atoms with van der Waals surface area (Å²) in [5.41, 5.74) is 2.27. The maximum atomic E-state index is 12.6. The number of hydrogen-bond donors (Lipinski definition) is 1. The number of carbonyl (C=O) groups excluding carboxylic acids is 1. The highest BCUT2D eigenvalue weighted by Crippen LogP contribution is 2.25. The summed E-state index contributed by atoms with van der Waals surface area (Å²) in [4.78, 5) is 22.4. The quantitative estimate of drug-likeness (QED) is 0.352. The van der Waals surface area contributed by atoms with Gasteiger partial charge in [-0.05, 0) is 23.8 Å². The highest BCUT2D eigenvalue weighted by Gasteiger charge is 2.13. The second-order valence-corrected chi connectivity index (χ2v) is 7.80. The number of fused-ring (bicyclic) bond motifs is 1. The fraction of sp³-hybridized carbons (Fsp3) is 0.0833. The van der Waals surface area contributed by atoms with Gasteiger partial charge in [-0.3, -0.25) is 10.1 Å². The number of aromatic nitrogens is 2. The summed E-state index contributed by atoms with van der Waals surface area (Å²) in [6.45, 7) is 0. The number of anilines is 1. The molecule has 1 N–H and O–H groups in total. The molecule has 0 spiro atoms. The van der Waals surface area contributed by atoms with Crippen LogP contribution in [0.3, 0.4) is 0 Å².